The lowest BCUT2D eigenvalue weighted by Crippen LogP contribution is -2.47. The third kappa shape index (κ3) is 3.34. The number of hydrogen-bond acceptors (Lipinski definition) is 2. The molecule has 0 saturated carbocycles. The number of benzene rings is 1. The Hall–Kier alpha value is -1.32. The van der Waals surface area contributed by atoms with Crippen molar-refractivity contribution in [2.24, 2.45) is 0 Å². The first-order valence-corrected chi connectivity index (χ1v) is 6.45. The minimum atomic E-state index is 0.0288. The van der Waals surface area contributed by atoms with Gasteiger partial charge in [-0.2, -0.15) is 0 Å². The summed E-state index contributed by atoms with van der Waals surface area (Å²) < 4.78 is 0. The minimum absolute atomic E-state index is 0.0288. The Kier molecular flexibility index (Phi) is 4.39. The van der Waals surface area contributed by atoms with E-state index in [9.17, 15) is 4.79 Å². The van der Waals surface area contributed by atoms with Crippen molar-refractivity contribution in [3.05, 3.63) is 47.5 Å². The molecule has 0 radical (unpaired) electrons. The van der Waals surface area contributed by atoms with Crippen LogP contribution in [0.5, 0.6) is 0 Å². The zero-order chi connectivity index (χ0) is 13.0. The van der Waals surface area contributed by atoms with Gasteiger partial charge in [-0.1, -0.05) is 30.3 Å². The number of amides is 1. The highest BCUT2D eigenvalue weighted by atomic mass is 35.5. The van der Waals surface area contributed by atoms with Crippen molar-refractivity contribution in [2.45, 2.75) is 6.54 Å². The van der Waals surface area contributed by atoms with Crippen molar-refractivity contribution in [2.75, 3.05) is 26.2 Å². The molecule has 1 aliphatic heterocycles. The van der Waals surface area contributed by atoms with E-state index in [2.05, 4.69) is 11.5 Å². The second-order valence-electron chi connectivity index (χ2n) is 4.43. The second kappa shape index (κ2) is 6.03. The molecule has 2 rings (SSSR count). The molecule has 1 aromatic rings. The summed E-state index contributed by atoms with van der Waals surface area (Å²) >= 11 is 5.86. The number of rotatable bonds is 3. The fourth-order valence-corrected chi connectivity index (χ4v) is 2.23. The van der Waals surface area contributed by atoms with E-state index in [1.54, 1.807) is 0 Å². The van der Waals surface area contributed by atoms with Crippen LogP contribution < -0.4 is 0 Å². The Morgan fingerprint density at radius 1 is 1.22 bits per heavy atom. The highest BCUT2D eigenvalue weighted by Gasteiger charge is 2.19. The summed E-state index contributed by atoms with van der Waals surface area (Å²) in [7, 11) is 0. The summed E-state index contributed by atoms with van der Waals surface area (Å²) in [6, 6.07) is 7.91. The van der Waals surface area contributed by atoms with Gasteiger partial charge in [-0.25, -0.2) is 0 Å². The predicted octanol–water partition coefficient (Wildman–Crippen LogP) is 2.17. The Morgan fingerprint density at radius 3 is 2.39 bits per heavy atom. The van der Waals surface area contributed by atoms with Crippen LogP contribution >= 0.6 is 11.6 Å². The normalized spacial score (nSPS) is 16.6. The van der Waals surface area contributed by atoms with Crippen LogP contribution in [0.1, 0.15) is 5.56 Å². The molecule has 1 saturated heterocycles. The summed E-state index contributed by atoms with van der Waals surface area (Å²) in [6.45, 7) is 7.79. The molecule has 3 nitrogen and oxygen atoms in total. The van der Waals surface area contributed by atoms with Crippen LogP contribution in [-0.4, -0.2) is 41.9 Å². The third-order valence-corrected chi connectivity index (χ3v) is 3.43. The van der Waals surface area contributed by atoms with Gasteiger partial charge in [0.25, 0.3) is 0 Å². The zero-order valence-electron chi connectivity index (χ0n) is 10.3. The van der Waals surface area contributed by atoms with Crippen molar-refractivity contribution in [3.8, 4) is 0 Å². The van der Waals surface area contributed by atoms with Gasteiger partial charge in [0, 0.05) is 37.7 Å². The van der Waals surface area contributed by atoms with Gasteiger partial charge < -0.3 is 4.90 Å². The van der Waals surface area contributed by atoms with Gasteiger partial charge in [-0.3, -0.25) is 9.69 Å². The lowest BCUT2D eigenvalue weighted by atomic mass is 10.2. The van der Waals surface area contributed by atoms with E-state index in [0.29, 0.717) is 0 Å². The van der Waals surface area contributed by atoms with Crippen LogP contribution in [0.2, 0.25) is 5.02 Å². The van der Waals surface area contributed by atoms with Crippen LogP contribution in [0.25, 0.3) is 0 Å². The molecule has 0 atom stereocenters. The highest BCUT2D eigenvalue weighted by Crippen LogP contribution is 2.12. The molecule has 0 bridgehead atoms. The molecule has 1 heterocycles. The molecule has 0 spiro atoms. The average molecular weight is 265 g/mol. The first-order valence-electron chi connectivity index (χ1n) is 6.07. The summed E-state index contributed by atoms with van der Waals surface area (Å²) in [5, 5.41) is 0.764. The van der Waals surface area contributed by atoms with E-state index in [1.165, 1.54) is 11.6 Å². The number of piperazine rings is 1. The number of halogens is 1. The van der Waals surface area contributed by atoms with E-state index in [4.69, 9.17) is 11.6 Å². The van der Waals surface area contributed by atoms with Gasteiger partial charge in [-0.05, 0) is 23.8 Å². The maximum atomic E-state index is 11.4. The zero-order valence-corrected chi connectivity index (χ0v) is 11.1. The smallest absolute Gasteiger partial charge is 0.246 e. The number of hydrogen-bond donors (Lipinski definition) is 0. The van der Waals surface area contributed by atoms with Gasteiger partial charge in [0.2, 0.25) is 5.91 Å². The summed E-state index contributed by atoms with van der Waals surface area (Å²) in [4.78, 5) is 15.6. The van der Waals surface area contributed by atoms with Crippen molar-refractivity contribution >= 4 is 17.5 Å². The standard InChI is InChI=1S/C14H17ClN2O/c1-2-14(18)17-9-7-16(8-10-17)11-12-3-5-13(15)6-4-12/h2-6H,1,7-11H2. The molecular formula is C14H17ClN2O. The van der Waals surface area contributed by atoms with Crippen LogP contribution in [-0.2, 0) is 11.3 Å². The van der Waals surface area contributed by atoms with Crippen molar-refractivity contribution < 1.29 is 4.79 Å². The molecule has 96 valence electrons. The molecule has 1 aliphatic rings. The third-order valence-electron chi connectivity index (χ3n) is 3.18. The van der Waals surface area contributed by atoms with Gasteiger partial charge in [0.15, 0.2) is 0 Å². The molecule has 1 amide bonds. The Morgan fingerprint density at radius 2 is 1.83 bits per heavy atom. The highest BCUT2D eigenvalue weighted by molar-refractivity contribution is 6.30. The fraction of sp³-hybridized carbons (Fsp3) is 0.357. The monoisotopic (exact) mass is 264 g/mol. The van der Waals surface area contributed by atoms with E-state index < -0.39 is 0 Å². The maximum absolute atomic E-state index is 11.4. The average Bonchev–Trinajstić information content (AvgIpc) is 2.41. The summed E-state index contributed by atoms with van der Waals surface area (Å²) in [5.74, 6) is 0.0288. The quantitative estimate of drug-likeness (QED) is 0.782. The number of carbonyl (C=O) groups is 1. The van der Waals surface area contributed by atoms with Crippen molar-refractivity contribution in [1.82, 2.24) is 9.80 Å². The summed E-state index contributed by atoms with van der Waals surface area (Å²) in [5.41, 5.74) is 1.25. The van der Waals surface area contributed by atoms with E-state index >= 15 is 0 Å². The van der Waals surface area contributed by atoms with Crippen molar-refractivity contribution in [3.63, 3.8) is 0 Å². The van der Waals surface area contributed by atoms with E-state index in [-0.39, 0.29) is 5.91 Å². The maximum Gasteiger partial charge on any atom is 0.246 e. The fourth-order valence-electron chi connectivity index (χ4n) is 2.10. The molecule has 0 aromatic heterocycles. The van der Waals surface area contributed by atoms with Crippen LogP contribution in [0, 0.1) is 0 Å². The molecule has 1 fully saturated rings. The predicted molar refractivity (Wildman–Crippen MR) is 73.5 cm³/mol. The van der Waals surface area contributed by atoms with Gasteiger partial charge in [-0.15, -0.1) is 0 Å². The first kappa shape index (κ1) is 13.1. The molecule has 1 aromatic carbocycles. The molecule has 0 N–H and O–H groups in total. The molecular weight excluding hydrogens is 248 g/mol. The molecule has 0 unspecified atom stereocenters. The first-order chi connectivity index (χ1) is 8.69. The Bertz CT molecular complexity index is 422. The van der Waals surface area contributed by atoms with Crippen LogP contribution in [0.3, 0.4) is 0 Å². The van der Waals surface area contributed by atoms with E-state index in [0.717, 1.165) is 37.7 Å². The van der Waals surface area contributed by atoms with Gasteiger partial charge >= 0.3 is 0 Å². The molecule has 0 aliphatic carbocycles. The topological polar surface area (TPSA) is 23.6 Å². The molecule has 4 heteroatoms. The van der Waals surface area contributed by atoms with Gasteiger partial charge in [0.1, 0.15) is 0 Å². The number of carbonyl (C=O) groups excluding carboxylic acids is 1. The molecule has 18 heavy (non-hydrogen) atoms. The Balaban J connectivity index is 1.85. The Labute approximate surface area is 113 Å². The lowest BCUT2D eigenvalue weighted by molar-refractivity contribution is -0.127. The second-order valence-corrected chi connectivity index (χ2v) is 4.87. The SMILES string of the molecule is C=CC(=O)N1CCN(Cc2ccc(Cl)cc2)CC1. The van der Waals surface area contributed by atoms with Crippen LogP contribution in [0.4, 0.5) is 0 Å². The van der Waals surface area contributed by atoms with Crippen LogP contribution in [0.15, 0.2) is 36.9 Å². The van der Waals surface area contributed by atoms with E-state index in [1.807, 2.05) is 29.2 Å². The largest absolute Gasteiger partial charge is 0.337 e. The minimum Gasteiger partial charge on any atom is -0.337 e. The lowest BCUT2D eigenvalue weighted by Gasteiger charge is -2.34. The van der Waals surface area contributed by atoms with Crippen molar-refractivity contribution in [1.29, 1.82) is 0 Å². The summed E-state index contributed by atoms with van der Waals surface area (Å²) in [6.07, 6.45) is 1.38. The number of nitrogens with zero attached hydrogens (tertiary/aromatic N) is 2. The van der Waals surface area contributed by atoms with Gasteiger partial charge in [0.05, 0.1) is 0 Å².